The summed E-state index contributed by atoms with van der Waals surface area (Å²) in [7, 11) is -2.69. The minimum atomic E-state index is -4.18. The maximum absolute atomic E-state index is 13.8. The number of anilines is 1. The number of hydrogen-bond acceptors (Lipinski definition) is 5. The molecule has 0 fully saturated rings. The van der Waals surface area contributed by atoms with Crippen molar-refractivity contribution in [3.63, 3.8) is 0 Å². The number of carbonyl (C=O) groups excluding carboxylic acids is 2. The van der Waals surface area contributed by atoms with Crippen LogP contribution in [0.15, 0.2) is 83.8 Å². The predicted octanol–water partition coefficient (Wildman–Crippen LogP) is 4.53. The zero-order valence-corrected chi connectivity index (χ0v) is 23.9. The molecular weight excluding hydrogens is 538 g/mol. The molecule has 0 saturated heterocycles. The van der Waals surface area contributed by atoms with Crippen molar-refractivity contribution in [3.05, 3.63) is 89.4 Å². The van der Waals surface area contributed by atoms with E-state index in [2.05, 4.69) is 5.32 Å². The molecule has 0 spiro atoms. The number of hydrogen-bond donors (Lipinski definition) is 1. The van der Waals surface area contributed by atoms with E-state index in [-0.39, 0.29) is 23.0 Å². The number of rotatable bonds is 13. The maximum Gasteiger partial charge on any atom is 0.264 e. The van der Waals surface area contributed by atoms with Crippen molar-refractivity contribution < 1.29 is 22.7 Å². The van der Waals surface area contributed by atoms with Gasteiger partial charge >= 0.3 is 0 Å². The average Bonchev–Trinajstić information content (AvgIpc) is 2.95. The number of ether oxygens (including phenoxy) is 1. The Kier molecular flexibility index (Phi) is 10.8. The molecular formula is C29H34ClN3O5S. The number of carbonyl (C=O) groups is 2. The van der Waals surface area contributed by atoms with Crippen LogP contribution in [0.25, 0.3) is 0 Å². The lowest BCUT2D eigenvalue weighted by atomic mass is 10.1. The van der Waals surface area contributed by atoms with E-state index in [4.69, 9.17) is 16.3 Å². The van der Waals surface area contributed by atoms with Crippen LogP contribution in [-0.2, 0) is 26.0 Å². The van der Waals surface area contributed by atoms with E-state index >= 15 is 0 Å². The standard InChI is InChI=1S/C29H34ClN3O5S/c1-4-18-31-29(35)22(2)32(19-17-23-9-6-5-7-10-23)28(34)21-33(25-12-8-11-24(30)20-25)39(36,37)27-15-13-26(38-3)14-16-27/h5-16,20,22H,4,17-19,21H2,1-3H3,(H,31,35)/t22-/m1/s1. The van der Waals surface area contributed by atoms with Gasteiger partial charge in [0.25, 0.3) is 10.0 Å². The van der Waals surface area contributed by atoms with Gasteiger partial charge in [-0.1, -0.05) is 54.9 Å². The molecule has 1 N–H and O–H groups in total. The van der Waals surface area contributed by atoms with Gasteiger partial charge in [-0.2, -0.15) is 0 Å². The first-order valence-corrected chi connectivity index (χ1v) is 14.5. The summed E-state index contributed by atoms with van der Waals surface area (Å²) in [6.07, 6.45) is 1.25. The molecule has 0 heterocycles. The minimum Gasteiger partial charge on any atom is -0.497 e. The summed E-state index contributed by atoms with van der Waals surface area (Å²) in [5.74, 6) is -0.314. The van der Waals surface area contributed by atoms with Crippen molar-refractivity contribution in [1.29, 1.82) is 0 Å². The molecule has 208 valence electrons. The lowest BCUT2D eigenvalue weighted by Crippen LogP contribution is -2.52. The normalized spacial score (nSPS) is 11.9. The van der Waals surface area contributed by atoms with Crippen LogP contribution in [0.3, 0.4) is 0 Å². The first-order valence-electron chi connectivity index (χ1n) is 12.7. The highest BCUT2D eigenvalue weighted by atomic mass is 35.5. The number of sulfonamides is 1. The van der Waals surface area contributed by atoms with Crippen LogP contribution in [0.4, 0.5) is 5.69 Å². The van der Waals surface area contributed by atoms with E-state index < -0.39 is 28.5 Å². The van der Waals surface area contributed by atoms with Gasteiger partial charge in [-0.05, 0) is 67.8 Å². The molecule has 0 aliphatic rings. The van der Waals surface area contributed by atoms with Crippen LogP contribution in [0.1, 0.15) is 25.8 Å². The molecule has 3 aromatic carbocycles. The molecule has 0 saturated carbocycles. The van der Waals surface area contributed by atoms with E-state index in [9.17, 15) is 18.0 Å². The van der Waals surface area contributed by atoms with Gasteiger partial charge < -0.3 is 15.0 Å². The number of nitrogens with one attached hydrogen (secondary N) is 1. The summed E-state index contributed by atoms with van der Waals surface area (Å²) in [5, 5.41) is 3.15. The zero-order chi connectivity index (χ0) is 28.4. The van der Waals surface area contributed by atoms with Crippen molar-refractivity contribution in [2.24, 2.45) is 0 Å². The SMILES string of the molecule is CCCNC(=O)[C@@H](C)N(CCc1ccccc1)C(=O)CN(c1cccc(Cl)c1)S(=O)(=O)c1ccc(OC)cc1. The quantitative estimate of drug-likeness (QED) is 0.325. The molecule has 1 atom stereocenters. The molecule has 3 rings (SSSR count). The summed E-state index contributed by atoms with van der Waals surface area (Å²) in [6, 6.07) is 21.0. The Labute approximate surface area is 235 Å². The van der Waals surface area contributed by atoms with E-state index in [1.54, 1.807) is 25.1 Å². The molecule has 39 heavy (non-hydrogen) atoms. The Morgan fingerprint density at radius 3 is 2.31 bits per heavy atom. The first kappa shape index (κ1) is 30.0. The molecule has 0 aliphatic carbocycles. The second kappa shape index (κ2) is 14.0. The minimum absolute atomic E-state index is 0.0133. The van der Waals surface area contributed by atoms with E-state index in [1.165, 1.54) is 42.3 Å². The van der Waals surface area contributed by atoms with Crippen LogP contribution >= 0.6 is 11.6 Å². The van der Waals surface area contributed by atoms with Crippen LogP contribution in [-0.4, -0.2) is 57.9 Å². The Bertz CT molecular complexity index is 1350. The van der Waals surface area contributed by atoms with Gasteiger partial charge in [-0.3, -0.25) is 13.9 Å². The van der Waals surface area contributed by atoms with Gasteiger partial charge in [-0.25, -0.2) is 8.42 Å². The number of benzene rings is 3. The van der Waals surface area contributed by atoms with Crippen molar-refractivity contribution >= 4 is 39.1 Å². The van der Waals surface area contributed by atoms with Crippen LogP contribution in [0.5, 0.6) is 5.75 Å². The molecule has 0 bridgehead atoms. The third-order valence-electron chi connectivity index (χ3n) is 6.22. The smallest absolute Gasteiger partial charge is 0.264 e. The molecule has 3 aromatic rings. The number of halogens is 1. The molecule has 10 heteroatoms. The summed E-state index contributed by atoms with van der Waals surface area (Å²) in [4.78, 5) is 28.1. The Balaban J connectivity index is 1.97. The molecule has 0 aromatic heterocycles. The third kappa shape index (κ3) is 7.97. The second-order valence-electron chi connectivity index (χ2n) is 8.96. The first-order chi connectivity index (χ1) is 18.7. The molecule has 0 aliphatic heterocycles. The van der Waals surface area contributed by atoms with Gasteiger partial charge in [0.05, 0.1) is 17.7 Å². The maximum atomic E-state index is 13.8. The van der Waals surface area contributed by atoms with Crippen LogP contribution < -0.4 is 14.4 Å². The molecule has 0 radical (unpaired) electrons. The van der Waals surface area contributed by atoms with E-state index in [0.717, 1.165) is 16.3 Å². The number of methoxy groups -OCH3 is 1. The third-order valence-corrected chi connectivity index (χ3v) is 8.25. The Hall–Kier alpha value is -3.56. The Morgan fingerprint density at radius 1 is 1.00 bits per heavy atom. The van der Waals surface area contributed by atoms with E-state index in [1.807, 2.05) is 37.3 Å². The summed E-state index contributed by atoms with van der Waals surface area (Å²) in [6.45, 7) is 3.78. The molecule has 0 unspecified atom stereocenters. The highest BCUT2D eigenvalue weighted by molar-refractivity contribution is 7.92. The average molecular weight is 572 g/mol. The zero-order valence-electron chi connectivity index (χ0n) is 22.3. The molecule has 8 nitrogen and oxygen atoms in total. The monoisotopic (exact) mass is 571 g/mol. The van der Waals surface area contributed by atoms with Crippen LogP contribution in [0.2, 0.25) is 5.02 Å². The summed E-state index contributed by atoms with van der Waals surface area (Å²) < 4.78 is 33.8. The lowest BCUT2D eigenvalue weighted by Gasteiger charge is -2.32. The number of nitrogens with zero attached hydrogens (tertiary/aromatic N) is 2. The summed E-state index contributed by atoms with van der Waals surface area (Å²) >= 11 is 6.20. The Morgan fingerprint density at radius 2 is 1.69 bits per heavy atom. The number of amides is 2. The van der Waals surface area contributed by atoms with Crippen LogP contribution in [0, 0.1) is 0 Å². The van der Waals surface area contributed by atoms with Gasteiger partial charge in [0.2, 0.25) is 11.8 Å². The largest absolute Gasteiger partial charge is 0.497 e. The fourth-order valence-corrected chi connectivity index (χ4v) is 5.59. The van der Waals surface area contributed by atoms with Gasteiger partial charge in [0.15, 0.2) is 0 Å². The van der Waals surface area contributed by atoms with Gasteiger partial charge in [0, 0.05) is 18.1 Å². The van der Waals surface area contributed by atoms with Gasteiger partial charge in [0.1, 0.15) is 18.3 Å². The van der Waals surface area contributed by atoms with Crippen molar-refractivity contribution in [3.8, 4) is 5.75 Å². The highest BCUT2D eigenvalue weighted by Gasteiger charge is 2.32. The fraction of sp³-hybridized carbons (Fsp3) is 0.310. The van der Waals surface area contributed by atoms with Crippen molar-refractivity contribution in [2.75, 3.05) is 31.0 Å². The fourth-order valence-electron chi connectivity index (χ4n) is 4.00. The van der Waals surface area contributed by atoms with E-state index in [0.29, 0.717) is 23.7 Å². The van der Waals surface area contributed by atoms with Crippen molar-refractivity contribution in [1.82, 2.24) is 10.2 Å². The second-order valence-corrected chi connectivity index (χ2v) is 11.3. The van der Waals surface area contributed by atoms with Gasteiger partial charge in [-0.15, -0.1) is 0 Å². The predicted molar refractivity (Wildman–Crippen MR) is 154 cm³/mol. The lowest BCUT2D eigenvalue weighted by molar-refractivity contribution is -0.138. The topological polar surface area (TPSA) is 96.0 Å². The molecule has 2 amide bonds. The summed E-state index contributed by atoms with van der Waals surface area (Å²) in [5.41, 5.74) is 1.23. The highest BCUT2D eigenvalue weighted by Crippen LogP contribution is 2.27. The van der Waals surface area contributed by atoms with Crippen molar-refractivity contribution in [2.45, 2.75) is 37.6 Å².